The van der Waals surface area contributed by atoms with Crippen LogP contribution in [0.25, 0.3) is 0 Å². The quantitative estimate of drug-likeness (QED) is 0.817. The molecular formula is C13H20N2. The lowest BCUT2D eigenvalue weighted by molar-refractivity contribution is 0.0576. The summed E-state index contributed by atoms with van der Waals surface area (Å²) in [4.78, 5) is 4.23. The van der Waals surface area contributed by atoms with Crippen molar-refractivity contribution in [3.05, 3.63) is 30.1 Å². The van der Waals surface area contributed by atoms with Crippen LogP contribution in [0.4, 0.5) is 0 Å². The Morgan fingerprint density at radius 1 is 1.40 bits per heavy atom. The minimum Gasteiger partial charge on any atom is -0.319 e. The van der Waals surface area contributed by atoms with E-state index < -0.39 is 0 Å². The summed E-state index contributed by atoms with van der Waals surface area (Å²) in [7, 11) is 2.03. The number of aromatic nitrogens is 1. The Kier molecular flexibility index (Phi) is 2.55. The van der Waals surface area contributed by atoms with Gasteiger partial charge in [0, 0.05) is 24.4 Å². The molecule has 1 aromatic rings. The maximum absolute atomic E-state index is 4.23. The molecule has 1 aromatic heterocycles. The number of likely N-dealkylation sites (N-methyl/N-ethyl adjacent to an activating group) is 1. The Morgan fingerprint density at radius 2 is 2.13 bits per heavy atom. The highest BCUT2D eigenvalue weighted by atomic mass is 14.8. The topological polar surface area (TPSA) is 24.9 Å². The molecule has 82 valence electrons. The third-order valence-electron chi connectivity index (χ3n) is 3.42. The molecule has 1 heterocycles. The number of nitrogens with one attached hydrogen (secondary N) is 1. The van der Waals surface area contributed by atoms with Crippen LogP contribution in [-0.4, -0.2) is 18.6 Å². The minimum atomic E-state index is 0.326. The zero-order valence-corrected chi connectivity index (χ0v) is 9.88. The minimum absolute atomic E-state index is 0.326. The molecule has 1 saturated carbocycles. The third kappa shape index (κ3) is 1.91. The summed E-state index contributed by atoms with van der Waals surface area (Å²) in [6.45, 7) is 5.75. The van der Waals surface area contributed by atoms with Gasteiger partial charge in [-0.25, -0.2) is 0 Å². The van der Waals surface area contributed by atoms with Crippen LogP contribution >= 0.6 is 0 Å². The Labute approximate surface area is 92.1 Å². The van der Waals surface area contributed by atoms with E-state index in [1.165, 1.54) is 18.4 Å². The average Bonchev–Trinajstić information content (AvgIpc) is 2.16. The standard InChI is InChI=1S/C13H20N2/c1-12(2)8-13(9-12,10-14-3)11-5-4-6-15-7-11/h4-7,14H,8-10H2,1-3H3. The van der Waals surface area contributed by atoms with Gasteiger partial charge in [0.1, 0.15) is 0 Å². The van der Waals surface area contributed by atoms with E-state index in [1.54, 1.807) is 0 Å². The van der Waals surface area contributed by atoms with E-state index >= 15 is 0 Å². The second-order valence-electron chi connectivity index (χ2n) is 5.57. The van der Waals surface area contributed by atoms with Gasteiger partial charge in [-0.05, 0) is 36.9 Å². The molecule has 1 aliphatic carbocycles. The normalized spacial score (nSPS) is 22.1. The van der Waals surface area contributed by atoms with Crippen LogP contribution in [0, 0.1) is 5.41 Å². The molecule has 0 unspecified atom stereocenters. The molecule has 0 aromatic carbocycles. The summed E-state index contributed by atoms with van der Waals surface area (Å²) in [6.07, 6.45) is 6.38. The monoisotopic (exact) mass is 204 g/mol. The van der Waals surface area contributed by atoms with Crippen LogP contribution in [-0.2, 0) is 5.41 Å². The van der Waals surface area contributed by atoms with Gasteiger partial charge >= 0.3 is 0 Å². The summed E-state index contributed by atoms with van der Waals surface area (Å²) in [6, 6.07) is 4.25. The maximum atomic E-state index is 4.23. The third-order valence-corrected chi connectivity index (χ3v) is 3.42. The fourth-order valence-electron chi connectivity index (χ4n) is 3.23. The molecule has 2 heteroatoms. The molecule has 0 radical (unpaired) electrons. The molecule has 2 nitrogen and oxygen atoms in total. The smallest absolute Gasteiger partial charge is 0.0306 e. The molecule has 0 amide bonds. The Bertz CT molecular complexity index is 322. The first-order chi connectivity index (χ1) is 7.08. The van der Waals surface area contributed by atoms with Gasteiger partial charge in [-0.3, -0.25) is 4.98 Å². The number of hydrogen-bond acceptors (Lipinski definition) is 2. The zero-order chi connectivity index (χ0) is 10.9. The van der Waals surface area contributed by atoms with Crippen molar-refractivity contribution in [2.45, 2.75) is 32.1 Å². The fourth-order valence-corrected chi connectivity index (χ4v) is 3.23. The number of pyridine rings is 1. The maximum Gasteiger partial charge on any atom is 0.0306 e. The zero-order valence-electron chi connectivity index (χ0n) is 9.88. The van der Waals surface area contributed by atoms with E-state index in [0.717, 1.165) is 6.54 Å². The van der Waals surface area contributed by atoms with Crippen molar-refractivity contribution >= 4 is 0 Å². The highest BCUT2D eigenvalue weighted by molar-refractivity contribution is 5.28. The summed E-state index contributed by atoms with van der Waals surface area (Å²) >= 11 is 0. The van der Waals surface area contributed by atoms with Crippen LogP contribution in [0.5, 0.6) is 0 Å². The van der Waals surface area contributed by atoms with E-state index in [1.807, 2.05) is 25.5 Å². The average molecular weight is 204 g/mol. The SMILES string of the molecule is CNCC1(c2cccnc2)CC(C)(C)C1. The van der Waals surface area contributed by atoms with Gasteiger partial charge in [-0.2, -0.15) is 0 Å². The van der Waals surface area contributed by atoms with Gasteiger partial charge in [-0.1, -0.05) is 19.9 Å². The lowest BCUT2D eigenvalue weighted by Gasteiger charge is -2.53. The number of nitrogens with zero attached hydrogens (tertiary/aromatic N) is 1. The molecular weight excluding hydrogens is 184 g/mol. The summed E-state index contributed by atoms with van der Waals surface area (Å²) in [5.74, 6) is 0. The van der Waals surface area contributed by atoms with Crippen LogP contribution in [0.3, 0.4) is 0 Å². The second-order valence-corrected chi connectivity index (χ2v) is 5.57. The first kappa shape index (κ1) is 10.6. The van der Waals surface area contributed by atoms with Crippen molar-refractivity contribution < 1.29 is 0 Å². The summed E-state index contributed by atoms with van der Waals surface area (Å²) < 4.78 is 0. The first-order valence-corrected chi connectivity index (χ1v) is 5.63. The van der Waals surface area contributed by atoms with Crippen molar-refractivity contribution in [2.24, 2.45) is 5.41 Å². The van der Waals surface area contributed by atoms with Crippen LogP contribution < -0.4 is 5.32 Å². The van der Waals surface area contributed by atoms with Crippen LogP contribution in [0.2, 0.25) is 0 Å². The molecule has 0 aliphatic heterocycles. The van der Waals surface area contributed by atoms with Crippen LogP contribution in [0.15, 0.2) is 24.5 Å². The summed E-state index contributed by atoms with van der Waals surface area (Å²) in [5, 5.41) is 3.32. The molecule has 1 aliphatic rings. The van der Waals surface area contributed by atoms with Gasteiger partial charge in [0.2, 0.25) is 0 Å². The van der Waals surface area contributed by atoms with E-state index in [9.17, 15) is 0 Å². The number of hydrogen-bond donors (Lipinski definition) is 1. The second kappa shape index (κ2) is 3.60. The van der Waals surface area contributed by atoms with Gasteiger partial charge in [0.15, 0.2) is 0 Å². The molecule has 0 saturated heterocycles. The van der Waals surface area contributed by atoms with Crippen LogP contribution in [0.1, 0.15) is 32.3 Å². The summed E-state index contributed by atoms with van der Waals surface area (Å²) in [5.41, 5.74) is 2.21. The number of rotatable bonds is 3. The van der Waals surface area contributed by atoms with Gasteiger partial charge in [0.05, 0.1) is 0 Å². The predicted octanol–water partition coefficient (Wildman–Crippen LogP) is 2.36. The van der Waals surface area contributed by atoms with E-state index in [4.69, 9.17) is 0 Å². The van der Waals surface area contributed by atoms with Crippen molar-refractivity contribution in [2.75, 3.05) is 13.6 Å². The molecule has 1 N–H and O–H groups in total. The van der Waals surface area contributed by atoms with Crippen molar-refractivity contribution in [1.29, 1.82) is 0 Å². The van der Waals surface area contributed by atoms with E-state index in [0.29, 0.717) is 10.8 Å². The van der Waals surface area contributed by atoms with E-state index in [-0.39, 0.29) is 0 Å². The van der Waals surface area contributed by atoms with Gasteiger partial charge in [-0.15, -0.1) is 0 Å². The predicted molar refractivity (Wildman–Crippen MR) is 62.9 cm³/mol. The lowest BCUT2D eigenvalue weighted by Crippen LogP contribution is -2.52. The van der Waals surface area contributed by atoms with Crippen molar-refractivity contribution in [1.82, 2.24) is 10.3 Å². The first-order valence-electron chi connectivity index (χ1n) is 5.63. The van der Waals surface area contributed by atoms with Gasteiger partial charge < -0.3 is 5.32 Å². The van der Waals surface area contributed by atoms with E-state index in [2.05, 4.69) is 30.2 Å². The highest BCUT2D eigenvalue weighted by Crippen LogP contribution is 2.54. The van der Waals surface area contributed by atoms with Crippen molar-refractivity contribution in [3.63, 3.8) is 0 Å². The molecule has 15 heavy (non-hydrogen) atoms. The molecule has 1 fully saturated rings. The Balaban J connectivity index is 2.23. The largest absolute Gasteiger partial charge is 0.319 e. The molecule has 0 atom stereocenters. The van der Waals surface area contributed by atoms with Crippen molar-refractivity contribution in [3.8, 4) is 0 Å². The lowest BCUT2D eigenvalue weighted by atomic mass is 9.52. The fraction of sp³-hybridized carbons (Fsp3) is 0.615. The van der Waals surface area contributed by atoms with Gasteiger partial charge in [0.25, 0.3) is 0 Å². The Morgan fingerprint density at radius 3 is 2.60 bits per heavy atom. The highest BCUT2D eigenvalue weighted by Gasteiger charge is 2.49. The molecule has 0 bridgehead atoms. The molecule has 0 spiro atoms. The Hall–Kier alpha value is -0.890. The molecule has 2 rings (SSSR count).